The van der Waals surface area contributed by atoms with Crippen molar-refractivity contribution in [2.24, 2.45) is 0 Å². The summed E-state index contributed by atoms with van der Waals surface area (Å²) < 4.78 is 11.0. The molecule has 7 nitrogen and oxygen atoms in total. The van der Waals surface area contributed by atoms with Crippen LogP contribution in [0.3, 0.4) is 0 Å². The Labute approximate surface area is 163 Å². The summed E-state index contributed by atoms with van der Waals surface area (Å²) >= 11 is 1.36. The van der Waals surface area contributed by atoms with Crippen LogP contribution in [0.4, 0.5) is 5.13 Å². The van der Waals surface area contributed by atoms with Crippen molar-refractivity contribution in [2.45, 2.75) is 33.6 Å². The molecule has 0 radical (unpaired) electrons. The summed E-state index contributed by atoms with van der Waals surface area (Å²) in [5.74, 6) is 0.685. The molecular formula is C19H25N3O4S. The van der Waals surface area contributed by atoms with Gasteiger partial charge in [0.05, 0.1) is 25.5 Å². The number of nitrogens with zero attached hydrogens (tertiary/aromatic N) is 1. The Balaban J connectivity index is 1.93. The highest BCUT2D eigenvalue weighted by molar-refractivity contribution is 7.13. The Kier molecular flexibility index (Phi) is 7.60. The van der Waals surface area contributed by atoms with Gasteiger partial charge in [0.25, 0.3) is 5.91 Å². The summed E-state index contributed by atoms with van der Waals surface area (Å²) in [6, 6.07) is 4.93. The molecular weight excluding hydrogens is 366 g/mol. The van der Waals surface area contributed by atoms with Crippen LogP contribution in [0.2, 0.25) is 0 Å². The standard InChI is InChI=1S/C19H25N3O4S/c1-5-25-15-8-7-13(9-16(15)26-6-2)18(24)20-10-17(23)22-19-21-14(11-27-19)12(3)4/h7-9,11-12H,5-6,10H2,1-4H3,(H,20,24)(H,21,22,23). The van der Waals surface area contributed by atoms with Crippen LogP contribution in [0.5, 0.6) is 11.5 Å². The summed E-state index contributed by atoms with van der Waals surface area (Å²) in [7, 11) is 0. The van der Waals surface area contributed by atoms with Gasteiger partial charge in [-0.05, 0) is 38.0 Å². The number of hydrogen-bond acceptors (Lipinski definition) is 6. The summed E-state index contributed by atoms with van der Waals surface area (Å²) in [5, 5.41) is 7.73. The van der Waals surface area contributed by atoms with Gasteiger partial charge in [-0.1, -0.05) is 13.8 Å². The molecule has 2 rings (SSSR count). The zero-order valence-corrected chi connectivity index (χ0v) is 16.8. The molecule has 0 unspecified atom stereocenters. The normalized spacial score (nSPS) is 10.6. The molecule has 0 bridgehead atoms. The molecule has 1 heterocycles. The number of hydrogen-bond donors (Lipinski definition) is 2. The van der Waals surface area contributed by atoms with Crippen molar-refractivity contribution in [3.63, 3.8) is 0 Å². The largest absolute Gasteiger partial charge is 0.490 e. The van der Waals surface area contributed by atoms with Gasteiger partial charge in [-0.15, -0.1) is 11.3 Å². The molecule has 0 saturated carbocycles. The number of benzene rings is 1. The first-order chi connectivity index (χ1) is 12.9. The van der Waals surface area contributed by atoms with E-state index in [9.17, 15) is 9.59 Å². The Hall–Kier alpha value is -2.61. The maximum atomic E-state index is 12.3. The molecule has 0 aliphatic rings. The molecule has 1 aromatic heterocycles. The monoisotopic (exact) mass is 391 g/mol. The maximum Gasteiger partial charge on any atom is 0.251 e. The van der Waals surface area contributed by atoms with Gasteiger partial charge in [-0.3, -0.25) is 9.59 Å². The number of amides is 2. The first kappa shape index (κ1) is 20.7. The number of anilines is 1. The molecule has 0 aliphatic carbocycles. The summed E-state index contributed by atoms with van der Waals surface area (Å²) in [4.78, 5) is 28.7. The number of ether oxygens (including phenoxy) is 2. The molecule has 1 aromatic carbocycles. The van der Waals surface area contributed by atoms with Gasteiger partial charge >= 0.3 is 0 Å². The quantitative estimate of drug-likeness (QED) is 0.683. The molecule has 2 N–H and O–H groups in total. The average molecular weight is 391 g/mol. The van der Waals surface area contributed by atoms with E-state index in [0.29, 0.717) is 41.3 Å². The predicted molar refractivity (Wildman–Crippen MR) is 106 cm³/mol. The second-order valence-electron chi connectivity index (χ2n) is 5.99. The van der Waals surface area contributed by atoms with E-state index in [1.165, 1.54) is 11.3 Å². The molecule has 2 aromatic rings. The van der Waals surface area contributed by atoms with Gasteiger partial charge in [0.1, 0.15) is 0 Å². The van der Waals surface area contributed by atoms with Crippen LogP contribution in [-0.4, -0.2) is 36.6 Å². The number of carbonyl (C=O) groups is 2. The lowest BCUT2D eigenvalue weighted by atomic mass is 10.2. The minimum atomic E-state index is -0.365. The van der Waals surface area contributed by atoms with Gasteiger partial charge in [0.2, 0.25) is 5.91 Å². The fourth-order valence-electron chi connectivity index (χ4n) is 2.23. The zero-order valence-electron chi connectivity index (χ0n) is 16.0. The minimum Gasteiger partial charge on any atom is -0.490 e. The number of aromatic nitrogens is 1. The third-order valence-electron chi connectivity index (χ3n) is 3.57. The van der Waals surface area contributed by atoms with E-state index in [4.69, 9.17) is 9.47 Å². The van der Waals surface area contributed by atoms with E-state index in [1.54, 1.807) is 18.2 Å². The van der Waals surface area contributed by atoms with E-state index in [2.05, 4.69) is 15.6 Å². The van der Waals surface area contributed by atoms with Gasteiger partial charge in [-0.25, -0.2) is 4.98 Å². The van der Waals surface area contributed by atoms with Crippen molar-refractivity contribution in [3.8, 4) is 11.5 Å². The van der Waals surface area contributed by atoms with Crippen molar-refractivity contribution in [1.82, 2.24) is 10.3 Å². The molecule has 0 saturated heterocycles. The molecule has 146 valence electrons. The topological polar surface area (TPSA) is 89.5 Å². The van der Waals surface area contributed by atoms with Crippen molar-refractivity contribution in [1.29, 1.82) is 0 Å². The number of rotatable bonds is 9. The molecule has 27 heavy (non-hydrogen) atoms. The Morgan fingerprint density at radius 2 is 1.85 bits per heavy atom. The zero-order chi connectivity index (χ0) is 19.8. The SMILES string of the molecule is CCOc1ccc(C(=O)NCC(=O)Nc2nc(C(C)C)cs2)cc1OCC. The van der Waals surface area contributed by atoms with Gasteiger partial charge < -0.3 is 20.1 Å². The van der Waals surface area contributed by atoms with E-state index >= 15 is 0 Å². The highest BCUT2D eigenvalue weighted by Gasteiger charge is 2.14. The van der Waals surface area contributed by atoms with Crippen LogP contribution in [0, 0.1) is 0 Å². The van der Waals surface area contributed by atoms with E-state index < -0.39 is 0 Å². The van der Waals surface area contributed by atoms with Crippen molar-refractivity contribution in [2.75, 3.05) is 25.1 Å². The van der Waals surface area contributed by atoms with E-state index in [-0.39, 0.29) is 18.4 Å². The molecule has 8 heteroatoms. The fraction of sp³-hybridized carbons (Fsp3) is 0.421. The molecule has 0 spiro atoms. The predicted octanol–water partition coefficient (Wildman–Crippen LogP) is 3.43. The van der Waals surface area contributed by atoms with Crippen LogP contribution < -0.4 is 20.1 Å². The molecule has 0 aliphatic heterocycles. The van der Waals surface area contributed by atoms with Gasteiger partial charge in [0.15, 0.2) is 16.6 Å². The summed E-state index contributed by atoms with van der Waals surface area (Å²) in [5.41, 5.74) is 1.32. The lowest BCUT2D eigenvalue weighted by molar-refractivity contribution is -0.115. The molecule has 0 fully saturated rings. The van der Waals surface area contributed by atoms with Crippen LogP contribution in [0.25, 0.3) is 0 Å². The van der Waals surface area contributed by atoms with Gasteiger partial charge in [-0.2, -0.15) is 0 Å². The molecule has 2 amide bonds. The Morgan fingerprint density at radius 1 is 1.15 bits per heavy atom. The number of carbonyl (C=O) groups excluding carboxylic acids is 2. The smallest absolute Gasteiger partial charge is 0.251 e. The Bertz CT molecular complexity index is 789. The first-order valence-corrected chi connectivity index (χ1v) is 9.75. The van der Waals surface area contributed by atoms with E-state index in [1.807, 2.05) is 33.1 Å². The number of thiazole rings is 1. The highest BCUT2D eigenvalue weighted by Crippen LogP contribution is 2.28. The first-order valence-electron chi connectivity index (χ1n) is 8.87. The van der Waals surface area contributed by atoms with Crippen LogP contribution in [0.15, 0.2) is 23.6 Å². The van der Waals surface area contributed by atoms with Gasteiger partial charge in [0, 0.05) is 10.9 Å². The lowest BCUT2D eigenvalue weighted by Gasteiger charge is -2.12. The highest BCUT2D eigenvalue weighted by atomic mass is 32.1. The minimum absolute atomic E-state index is 0.146. The van der Waals surface area contributed by atoms with Crippen molar-refractivity contribution < 1.29 is 19.1 Å². The van der Waals surface area contributed by atoms with Crippen LogP contribution in [-0.2, 0) is 4.79 Å². The second-order valence-corrected chi connectivity index (χ2v) is 6.85. The van der Waals surface area contributed by atoms with E-state index in [0.717, 1.165) is 5.69 Å². The van der Waals surface area contributed by atoms with Crippen molar-refractivity contribution >= 4 is 28.3 Å². The van der Waals surface area contributed by atoms with Crippen LogP contribution in [0.1, 0.15) is 49.7 Å². The molecule has 0 atom stereocenters. The Morgan fingerprint density at radius 3 is 2.48 bits per heavy atom. The maximum absolute atomic E-state index is 12.3. The number of nitrogens with one attached hydrogen (secondary N) is 2. The third-order valence-corrected chi connectivity index (χ3v) is 4.35. The fourth-order valence-corrected chi connectivity index (χ4v) is 3.12. The van der Waals surface area contributed by atoms with Crippen molar-refractivity contribution in [3.05, 3.63) is 34.8 Å². The third kappa shape index (κ3) is 5.96. The lowest BCUT2D eigenvalue weighted by Crippen LogP contribution is -2.32. The summed E-state index contributed by atoms with van der Waals surface area (Å²) in [6.07, 6.45) is 0. The second kappa shape index (κ2) is 9.91. The summed E-state index contributed by atoms with van der Waals surface area (Å²) in [6.45, 7) is 8.62. The van der Waals surface area contributed by atoms with Crippen LogP contribution >= 0.6 is 11.3 Å². The average Bonchev–Trinajstić information content (AvgIpc) is 3.10.